The van der Waals surface area contributed by atoms with Crippen LogP contribution in [0, 0.1) is 5.82 Å². The van der Waals surface area contributed by atoms with Crippen molar-refractivity contribution in [2.24, 2.45) is 0 Å². The van der Waals surface area contributed by atoms with Crippen LogP contribution in [-0.2, 0) is 16.1 Å². The number of imide groups is 1. The summed E-state index contributed by atoms with van der Waals surface area (Å²) in [6, 6.07) is 13.8. The fraction of sp³-hybridized carbons (Fsp3) is 0.136. The molecule has 1 atom stereocenters. The number of rotatable bonds is 5. The van der Waals surface area contributed by atoms with Gasteiger partial charge in [-0.1, -0.05) is 17.7 Å². The number of amides is 4. The lowest BCUT2D eigenvalue weighted by Gasteiger charge is -2.27. The van der Waals surface area contributed by atoms with E-state index in [0.29, 0.717) is 16.4 Å². The molecule has 1 aromatic heterocycles. The highest BCUT2D eigenvalue weighted by Gasteiger charge is 2.44. The molecule has 9 heteroatoms. The predicted octanol–water partition coefficient (Wildman–Crippen LogP) is 4.91. The van der Waals surface area contributed by atoms with Crippen molar-refractivity contribution in [1.29, 1.82) is 0 Å². The molecule has 4 rings (SSSR count). The number of thiophene rings is 1. The van der Waals surface area contributed by atoms with Crippen molar-refractivity contribution in [3.63, 3.8) is 0 Å². The van der Waals surface area contributed by atoms with Crippen molar-refractivity contribution in [3.8, 4) is 0 Å². The van der Waals surface area contributed by atoms with Crippen molar-refractivity contribution >= 4 is 52.2 Å². The van der Waals surface area contributed by atoms with E-state index in [0.717, 1.165) is 9.78 Å². The Balaban J connectivity index is 1.60. The van der Waals surface area contributed by atoms with E-state index in [4.69, 9.17) is 11.6 Å². The predicted molar refractivity (Wildman–Crippen MR) is 118 cm³/mol. The van der Waals surface area contributed by atoms with Crippen LogP contribution in [0.5, 0.6) is 0 Å². The van der Waals surface area contributed by atoms with Crippen molar-refractivity contribution in [2.45, 2.75) is 19.0 Å². The van der Waals surface area contributed by atoms with Gasteiger partial charge in [-0.15, -0.1) is 11.3 Å². The minimum Gasteiger partial charge on any atom is -0.308 e. The molecular formula is C22H17ClFN3O3S. The molecular weight excluding hydrogens is 441 g/mol. The molecule has 0 radical (unpaired) electrons. The molecule has 2 heterocycles. The van der Waals surface area contributed by atoms with E-state index in [1.165, 1.54) is 40.5 Å². The third-order valence-corrected chi connectivity index (χ3v) is 5.96. The molecule has 0 aliphatic carbocycles. The normalized spacial score (nSPS) is 15.9. The van der Waals surface area contributed by atoms with Crippen molar-refractivity contribution in [2.75, 3.05) is 10.2 Å². The van der Waals surface area contributed by atoms with Crippen LogP contribution in [0.2, 0.25) is 5.02 Å². The summed E-state index contributed by atoms with van der Waals surface area (Å²) in [5.41, 5.74) is 0.783. The molecule has 31 heavy (non-hydrogen) atoms. The topological polar surface area (TPSA) is 69.7 Å². The number of carbonyl (C=O) groups excluding carboxylic acids is 3. The molecule has 1 aliphatic rings. The van der Waals surface area contributed by atoms with Gasteiger partial charge in [-0.25, -0.2) is 14.1 Å². The molecule has 3 aromatic rings. The van der Waals surface area contributed by atoms with Gasteiger partial charge in [0.25, 0.3) is 5.91 Å². The molecule has 4 amide bonds. The first kappa shape index (κ1) is 21.0. The van der Waals surface area contributed by atoms with Gasteiger partial charge in [0.1, 0.15) is 11.9 Å². The zero-order valence-corrected chi connectivity index (χ0v) is 17.7. The first-order valence-electron chi connectivity index (χ1n) is 9.40. The standard InChI is InChI=1S/C22H17ClFN3O3S/c23-14-3-9-17(10-4-14)27-20(28)12-19(21(27)29)26(13-18-2-1-11-31-18)22(30)25-16-7-5-15(24)6-8-16/h1-11,19H,12-13H2,(H,25,30)/t19-/m0/s1. The molecule has 1 fully saturated rings. The van der Waals surface area contributed by atoms with E-state index in [-0.39, 0.29) is 13.0 Å². The van der Waals surface area contributed by atoms with E-state index in [9.17, 15) is 18.8 Å². The van der Waals surface area contributed by atoms with E-state index >= 15 is 0 Å². The molecule has 1 N–H and O–H groups in total. The average molecular weight is 458 g/mol. The maximum absolute atomic E-state index is 13.2. The maximum atomic E-state index is 13.2. The van der Waals surface area contributed by atoms with Crippen LogP contribution in [-0.4, -0.2) is 28.8 Å². The Bertz CT molecular complexity index is 1100. The van der Waals surface area contributed by atoms with Crippen molar-refractivity contribution in [1.82, 2.24) is 4.90 Å². The lowest BCUT2D eigenvalue weighted by molar-refractivity contribution is -0.122. The summed E-state index contributed by atoms with van der Waals surface area (Å²) in [7, 11) is 0. The zero-order chi connectivity index (χ0) is 22.0. The SMILES string of the molecule is O=C1C[C@H](N(Cc2cccs2)C(=O)Nc2ccc(F)cc2)C(=O)N1c1ccc(Cl)cc1. The van der Waals surface area contributed by atoms with Crippen LogP contribution in [0.1, 0.15) is 11.3 Å². The number of anilines is 2. The molecule has 2 aromatic carbocycles. The Morgan fingerprint density at radius 1 is 1.13 bits per heavy atom. The van der Waals surface area contributed by atoms with Gasteiger partial charge in [0.05, 0.1) is 18.7 Å². The van der Waals surface area contributed by atoms with E-state index in [1.807, 2.05) is 17.5 Å². The number of nitrogens with zero attached hydrogens (tertiary/aromatic N) is 2. The second-order valence-electron chi connectivity index (χ2n) is 6.91. The summed E-state index contributed by atoms with van der Waals surface area (Å²) in [6.45, 7) is 0.156. The maximum Gasteiger partial charge on any atom is 0.322 e. The molecule has 0 unspecified atom stereocenters. The molecule has 1 aliphatic heterocycles. The lowest BCUT2D eigenvalue weighted by Crippen LogP contribution is -2.46. The van der Waals surface area contributed by atoms with Crippen LogP contribution < -0.4 is 10.2 Å². The van der Waals surface area contributed by atoms with Crippen LogP contribution in [0.25, 0.3) is 0 Å². The van der Waals surface area contributed by atoms with Gasteiger partial charge >= 0.3 is 6.03 Å². The van der Waals surface area contributed by atoms with Gasteiger partial charge in [-0.3, -0.25) is 9.59 Å². The highest BCUT2D eigenvalue weighted by Crippen LogP contribution is 2.28. The number of carbonyl (C=O) groups is 3. The quantitative estimate of drug-likeness (QED) is 0.553. The summed E-state index contributed by atoms with van der Waals surface area (Å²) in [5, 5.41) is 5.03. The molecule has 1 saturated heterocycles. The van der Waals surface area contributed by atoms with Gasteiger partial charge in [-0.2, -0.15) is 0 Å². The van der Waals surface area contributed by atoms with Crippen LogP contribution >= 0.6 is 22.9 Å². The van der Waals surface area contributed by atoms with Crippen molar-refractivity contribution in [3.05, 3.63) is 81.8 Å². The summed E-state index contributed by atoms with van der Waals surface area (Å²) >= 11 is 7.35. The first-order valence-corrected chi connectivity index (χ1v) is 10.7. The van der Waals surface area contributed by atoms with Gasteiger partial charge in [0.2, 0.25) is 5.91 Å². The number of hydrogen-bond donors (Lipinski definition) is 1. The molecule has 158 valence electrons. The number of halogens is 2. The Morgan fingerprint density at radius 3 is 2.48 bits per heavy atom. The van der Waals surface area contributed by atoms with E-state index < -0.39 is 29.7 Å². The highest BCUT2D eigenvalue weighted by atomic mass is 35.5. The molecule has 0 saturated carbocycles. The molecule has 6 nitrogen and oxygen atoms in total. The highest BCUT2D eigenvalue weighted by molar-refractivity contribution is 7.09. The number of benzene rings is 2. The van der Waals surface area contributed by atoms with E-state index in [1.54, 1.807) is 24.3 Å². The fourth-order valence-corrected chi connectivity index (χ4v) is 4.17. The minimum atomic E-state index is -0.967. The Hall–Kier alpha value is -3.23. The fourth-order valence-electron chi connectivity index (χ4n) is 3.34. The third kappa shape index (κ3) is 4.60. The van der Waals surface area contributed by atoms with Crippen LogP contribution in [0.15, 0.2) is 66.0 Å². The lowest BCUT2D eigenvalue weighted by atomic mass is 10.2. The first-order chi connectivity index (χ1) is 14.9. The van der Waals surface area contributed by atoms with Gasteiger partial charge in [-0.05, 0) is 60.0 Å². The van der Waals surface area contributed by atoms with Gasteiger partial charge < -0.3 is 10.2 Å². The molecule has 0 spiro atoms. The van der Waals surface area contributed by atoms with Gasteiger partial charge in [0, 0.05) is 15.6 Å². The van der Waals surface area contributed by atoms with E-state index in [2.05, 4.69) is 5.32 Å². The number of nitrogens with one attached hydrogen (secondary N) is 1. The average Bonchev–Trinajstić information content (AvgIpc) is 3.36. The minimum absolute atomic E-state index is 0.135. The Kier molecular flexibility index (Phi) is 6.01. The summed E-state index contributed by atoms with van der Waals surface area (Å²) < 4.78 is 13.2. The Morgan fingerprint density at radius 2 is 1.84 bits per heavy atom. The molecule has 0 bridgehead atoms. The number of urea groups is 1. The summed E-state index contributed by atoms with van der Waals surface area (Å²) in [4.78, 5) is 42.2. The monoisotopic (exact) mass is 457 g/mol. The number of hydrogen-bond acceptors (Lipinski definition) is 4. The van der Waals surface area contributed by atoms with Crippen molar-refractivity contribution < 1.29 is 18.8 Å². The second-order valence-corrected chi connectivity index (χ2v) is 8.38. The summed E-state index contributed by atoms with van der Waals surface area (Å²) in [5.74, 6) is -1.31. The largest absolute Gasteiger partial charge is 0.322 e. The summed E-state index contributed by atoms with van der Waals surface area (Å²) in [6.07, 6.45) is -0.135. The second kappa shape index (κ2) is 8.87. The van der Waals surface area contributed by atoms with Crippen LogP contribution in [0.3, 0.4) is 0 Å². The third-order valence-electron chi connectivity index (χ3n) is 4.85. The van der Waals surface area contributed by atoms with Gasteiger partial charge in [0.15, 0.2) is 0 Å². The zero-order valence-electron chi connectivity index (χ0n) is 16.1. The van der Waals surface area contributed by atoms with Crippen LogP contribution in [0.4, 0.5) is 20.6 Å². The Labute approximate surface area is 186 Å². The smallest absolute Gasteiger partial charge is 0.308 e.